The first-order valence-corrected chi connectivity index (χ1v) is 32.1. The molecule has 0 amide bonds. The molecule has 0 radical (unpaired) electrons. The predicted molar refractivity (Wildman–Crippen MR) is 279 cm³/mol. The van der Waals surface area contributed by atoms with E-state index < -0.39 is 293 Å². The highest BCUT2D eigenvalue weighted by molar-refractivity contribution is 7.81. The van der Waals surface area contributed by atoms with E-state index in [4.69, 9.17) is 103 Å². The molecule has 0 spiro atoms. The summed E-state index contributed by atoms with van der Waals surface area (Å²) in [6.07, 6.45) is -43.1. The zero-order valence-electron chi connectivity index (χ0n) is 47.5. The van der Waals surface area contributed by atoms with Crippen molar-refractivity contribution in [1.29, 1.82) is 0 Å². The fourth-order valence-electron chi connectivity index (χ4n) is 10.9. The molecular weight excluding hydrogens is 1300 g/mol. The van der Waals surface area contributed by atoms with Crippen LogP contribution in [0.5, 0.6) is 0 Å². The quantitative estimate of drug-likeness (QED) is 0.0377. The van der Waals surface area contributed by atoms with Gasteiger partial charge in [-0.1, -0.05) is 0 Å². The first-order chi connectivity index (χ1) is 42.2. The zero-order chi connectivity index (χ0) is 65.9. The third kappa shape index (κ3) is 19.4. The van der Waals surface area contributed by atoms with Crippen LogP contribution in [0, 0.1) is 0 Å². The van der Waals surface area contributed by atoms with Crippen molar-refractivity contribution in [3.8, 4) is 0 Å². The molecule has 8 saturated heterocycles. The van der Waals surface area contributed by atoms with Gasteiger partial charge < -0.3 is 150 Å². The summed E-state index contributed by atoms with van der Waals surface area (Å²) in [5.74, 6) is 0. The fraction of sp³-hybridized carbons (Fsp3) is 1.00. The van der Waals surface area contributed by atoms with E-state index in [1.807, 2.05) is 0 Å². The maximum absolute atomic E-state index is 11.7. The maximum atomic E-state index is 11.7. The Morgan fingerprint density at radius 3 is 0.922 bits per heavy atom. The molecule has 8 aliphatic heterocycles. The van der Waals surface area contributed by atoms with Crippen molar-refractivity contribution < 1.29 is 178 Å². The number of hydrogen-bond donors (Lipinski definition) is 17. The number of nitrogens with two attached hydrogens (primary N) is 4. The lowest BCUT2D eigenvalue weighted by Gasteiger charge is -2.47. The van der Waals surface area contributed by atoms with Gasteiger partial charge in [0.2, 0.25) is 0 Å². The van der Waals surface area contributed by atoms with Crippen LogP contribution >= 0.6 is 0 Å². The molecule has 8 rings (SSSR count). The van der Waals surface area contributed by atoms with Crippen LogP contribution in [0.25, 0.3) is 0 Å². The van der Waals surface area contributed by atoms with Crippen LogP contribution in [-0.4, -0.2) is 347 Å². The van der Waals surface area contributed by atoms with Crippen LogP contribution in [0.3, 0.4) is 0 Å². The van der Waals surface area contributed by atoms with Crippen molar-refractivity contribution in [1.82, 2.24) is 0 Å². The van der Waals surface area contributed by atoms with E-state index in [9.17, 15) is 85.4 Å². The zero-order valence-corrected chi connectivity index (χ0v) is 50.0. The highest BCUT2D eigenvalue weighted by atomic mass is 32.3. The summed E-state index contributed by atoms with van der Waals surface area (Å²) in [6, 6.07) is -5.79. The van der Waals surface area contributed by atoms with Gasteiger partial charge in [0.15, 0.2) is 50.3 Å². The summed E-state index contributed by atoms with van der Waals surface area (Å²) >= 11 is 0. The fourth-order valence-corrected chi connectivity index (χ4v) is 11.9. The van der Waals surface area contributed by atoms with Crippen LogP contribution in [0.4, 0.5) is 0 Å². The standard InChI is InChI=1S/C45H80N4O38S3/c1-69-42-30(46)34(56)39(23(81-42)11-74-88(60,61)62)85-27-4-16(53)21(9-72-27)79-44-33(49)37(59)41(25(83-44)13-76-90(66,67)68)87-29-5-17(54)22(10-73-29)80-45-32(48)36(58)40(24(82-45)12-75-89(63,64)65)86-28-3-15(52)20(8-71-28)78-43-31(47)35(57)38(19(6-50)77-43)84-26-2-14(51)18(55)7-70-26/h14-45,50-59H,2-13,46-49H2,1H3,(H,60,61,62)(H,63,64,65)(H,66,67,68)/t14-,15-,16-,17-,18+,19?,20+,21+,22+,23?,24?,25?,26-,27-,28-,29-,30?,31?,32?,33?,34+,35+,36+,37+,38+,39+,40+,41+,42-,43-,44+,45+/m0/s1. The first kappa shape index (κ1) is 74.2. The normalized spacial score (nSPS) is 47.0. The Bertz CT molecular complexity index is 2600. The second-order valence-corrected chi connectivity index (χ2v) is 25.5. The van der Waals surface area contributed by atoms with Gasteiger partial charge in [0.1, 0.15) is 97.7 Å². The lowest BCUT2D eigenvalue weighted by molar-refractivity contribution is -0.350. The Morgan fingerprint density at radius 1 is 0.378 bits per heavy atom. The third-order valence-electron chi connectivity index (χ3n) is 15.9. The Hall–Kier alpha value is -1.59. The number of aliphatic hydroxyl groups excluding tert-OH is 10. The molecule has 0 aliphatic carbocycles. The molecule has 0 aromatic heterocycles. The van der Waals surface area contributed by atoms with Gasteiger partial charge in [-0.2, -0.15) is 25.3 Å². The van der Waals surface area contributed by atoms with Gasteiger partial charge in [-0.05, 0) is 0 Å². The van der Waals surface area contributed by atoms with Gasteiger partial charge in [0.05, 0.1) is 101 Å². The Labute approximate surface area is 513 Å². The molecule has 42 nitrogen and oxygen atoms in total. The van der Waals surface area contributed by atoms with Crippen molar-refractivity contribution in [3.05, 3.63) is 0 Å². The number of hydrogen-bond acceptors (Lipinski definition) is 39. The van der Waals surface area contributed by atoms with Gasteiger partial charge >= 0.3 is 31.2 Å². The lowest BCUT2D eigenvalue weighted by Crippen LogP contribution is -2.66. The van der Waals surface area contributed by atoms with Crippen LogP contribution in [-0.2, 0) is 120 Å². The second kappa shape index (κ2) is 31.7. The molecule has 0 bridgehead atoms. The monoisotopic (exact) mass is 1380 g/mol. The summed E-state index contributed by atoms with van der Waals surface area (Å²) in [5, 5.41) is 109. The Kier molecular flexibility index (Phi) is 26.2. The van der Waals surface area contributed by atoms with E-state index >= 15 is 0 Å². The minimum absolute atomic E-state index is 0.171. The average molecular weight is 1380 g/mol. The summed E-state index contributed by atoms with van der Waals surface area (Å²) in [4.78, 5) is 0. The van der Waals surface area contributed by atoms with Crippen molar-refractivity contribution in [2.45, 2.75) is 222 Å². The summed E-state index contributed by atoms with van der Waals surface area (Å²) in [5.41, 5.74) is 24.9. The molecule has 21 N–H and O–H groups in total. The highest BCUT2D eigenvalue weighted by Crippen LogP contribution is 2.36. The second-order valence-electron chi connectivity index (χ2n) is 22.3. The molecule has 0 aromatic rings. The smallest absolute Gasteiger partial charge is 0.394 e. The van der Waals surface area contributed by atoms with Crippen LogP contribution in [0.15, 0.2) is 0 Å². The first-order valence-electron chi connectivity index (χ1n) is 28.0. The Morgan fingerprint density at radius 2 is 0.644 bits per heavy atom. The van der Waals surface area contributed by atoms with Gasteiger partial charge in [-0.3, -0.25) is 13.7 Å². The largest absolute Gasteiger partial charge is 0.397 e. The van der Waals surface area contributed by atoms with Gasteiger partial charge in [-0.15, -0.1) is 0 Å². The molecule has 526 valence electrons. The van der Waals surface area contributed by atoms with Crippen molar-refractivity contribution in [2.24, 2.45) is 22.9 Å². The van der Waals surface area contributed by atoms with Gasteiger partial charge in [0, 0.05) is 32.8 Å². The van der Waals surface area contributed by atoms with Crippen LogP contribution in [0.2, 0.25) is 0 Å². The molecule has 8 heterocycles. The topological polar surface area (TPSA) is 645 Å². The lowest BCUT2D eigenvalue weighted by atomic mass is 9.96. The molecule has 90 heavy (non-hydrogen) atoms. The minimum Gasteiger partial charge on any atom is -0.394 e. The van der Waals surface area contributed by atoms with Crippen molar-refractivity contribution >= 4 is 31.2 Å². The van der Waals surface area contributed by atoms with E-state index in [0.717, 1.165) is 0 Å². The molecule has 8 unspecified atom stereocenters. The SMILES string of the molecule is CO[C@H]1OC(COS(=O)(=O)O)[C@@H](O[C@H]2C[C@H](O)[C@H](O[C@@H]3OC(COS(=O)(=O)O)[C@@H](O[C@H]4C[C@H](O)[C@H](O[C@@H]5OC(COS(=O)(=O)O)[C@@H](O[C@H]6C[C@H](O)[C@H](O[C@@H]7OC(CO)[C@@H](O[C@H]8C[C@H](O)[C@H](O)CO8)[C@H](O)C7N)CO6)[C@H](O)C5N)CO4)[C@H](O)C3N)CO2)[C@H](O)C1N. The van der Waals surface area contributed by atoms with E-state index in [-0.39, 0.29) is 13.0 Å². The summed E-state index contributed by atoms with van der Waals surface area (Å²) < 4.78 is 203. The summed E-state index contributed by atoms with van der Waals surface area (Å²) in [6.45, 7) is -5.55. The average Bonchev–Trinajstić information content (AvgIpc) is 1.10. The number of aliphatic hydroxyl groups is 10. The molecule has 32 atom stereocenters. The summed E-state index contributed by atoms with van der Waals surface area (Å²) in [7, 11) is -14.2. The minimum atomic E-state index is -5.19. The third-order valence-corrected chi connectivity index (χ3v) is 17.2. The van der Waals surface area contributed by atoms with E-state index in [2.05, 4.69) is 12.5 Å². The van der Waals surface area contributed by atoms with Crippen LogP contribution < -0.4 is 22.9 Å². The molecule has 0 aromatic carbocycles. The number of ether oxygens (including phenoxy) is 16. The molecule has 8 fully saturated rings. The highest BCUT2D eigenvalue weighted by Gasteiger charge is 2.54. The van der Waals surface area contributed by atoms with Crippen molar-refractivity contribution in [3.63, 3.8) is 0 Å². The number of methoxy groups -OCH3 is 1. The van der Waals surface area contributed by atoms with Crippen LogP contribution in [0.1, 0.15) is 25.7 Å². The Balaban J connectivity index is 0.832. The molecular formula is C45H80N4O38S3. The number of rotatable bonds is 25. The van der Waals surface area contributed by atoms with Crippen molar-refractivity contribution in [2.75, 3.05) is 60.0 Å². The van der Waals surface area contributed by atoms with Gasteiger partial charge in [0.25, 0.3) is 0 Å². The van der Waals surface area contributed by atoms with E-state index in [1.54, 1.807) is 0 Å². The van der Waals surface area contributed by atoms with E-state index in [0.29, 0.717) is 0 Å². The maximum Gasteiger partial charge on any atom is 0.397 e. The van der Waals surface area contributed by atoms with Gasteiger partial charge in [-0.25, -0.2) is 12.5 Å². The van der Waals surface area contributed by atoms with E-state index in [1.165, 1.54) is 7.11 Å². The molecule has 45 heteroatoms. The molecule has 8 aliphatic rings. The predicted octanol–water partition coefficient (Wildman–Crippen LogP) is -11.8. The molecule has 0 saturated carbocycles.